The Kier molecular flexibility index (Phi) is 5.03. The third kappa shape index (κ3) is 3.65. The molecule has 144 valence electrons. The van der Waals surface area contributed by atoms with Crippen LogP contribution in [0.15, 0.2) is 35.1 Å². The fourth-order valence-corrected chi connectivity index (χ4v) is 2.79. The van der Waals surface area contributed by atoms with Crippen molar-refractivity contribution < 1.29 is 9.72 Å². The molecule has 1 amide bonds. The second kappa shape index (κ2) is 7.43. The summed E-state index contributed by atoms with van der Waals surface area (Å²) in [5, 5.41) is 17.7. The van der Waals surface area contributed by atoms with Crippen LogP contribution in [0, 0.1) is 24.0 Å². The molecular formula is C18H18N6O4. The minimum absolute atomic E-state index is 0.106. The van der Waals surface area contributed by atoms with Gasteiger partial charge < -0.3 is 5.32 Å². The zero-order valence-corrected chi connectivity index (χ0v) is 15.5. The maximum atomic E-state index is 12.5. The number of nitrogens with zero attached hydrogens (tertiary/aromatic N) is 4. The lowest BCUT2D eigenvalue weighted by Crippen LogP contribution is -2.22. The van der Waals surface area contributed by atoms with Crippen LogP contribution in [0.4, 0.5) is 11.5 Å². The third-order valence-corrected chi connectivity index (χ3v) is 4.18. The van der Waals surface area contributed by atoms with E-state index in [0.29, 0.717) is 29.2 Å². The first kappa shape index (κ1) is 19.0. The molecule has 10 heteroatoms. The van der Waals surface area contributed by atoms with Crippen molar-refractivity contribution in [2.24, 2.45) is 0 Å². The van der Waals surface area contributed by atoms with Gasteiger partial charge in [-0.25, -0.2) is 4.98 Å². The Labute approximate surface area is 159 Å². The van der Waals surface area contributed by atoms with Crippen LogP contribution >= 0.6 is 0 Å². The summed E-state index contributed by atoms with van der Waals surface area (Å²) in [5.41, 5.74) is 1.66. The molecule has 0 saturated heterocycles. The zero-order valence-electron chi connectivity index (χ0n) is 15.5. The second-order valence-corrected chi connectivity index (χ2v) is 6.15. The molecule has 10 nitrogen and oxygen atoms in total. The van der Waals surface area contributed by atoms with Crippen molar-refractivity contribution in [3.05, 3.63) is 73.3 Å². The number of amides is 1. The van der Waals surface area contributed by atoms with Gasteiger partial charge in [0, 0.05) is 35.0 Å². The first-order valence-corrected chi connectivity index (χ1v) is 8.52. The second-order valence-electron chi connectivity index (χ2n) is 6.15. The zero-order chi connectivity index (χ0) is 20.4. The average molecular weight is 382 g/mol. The van der Waals surface area contributed by atoms with Crippen LogP contribution < -0.4 is 10.9 Å². The van der Waals surface area contributed by atoms with Gasteiger partial charge >= 0.3 is 0 Å². The van der Waals surface area contributed by atoms with Crippen molar-refractivity contribution >= 4 is 17.4 Å². The van der Waals surface area contributed by atoms with Gasteiger partial charge in [-0.05, 0) is 32.4 Å². The molecular weight excluding hydrogens is 364 g/mol. The maximum absolute atomic E-state index is 12.5. The summed E-state index contributed by atoms with van der Waals surface area (Å²) in [5.74, 6) is 0.0275. The SMILES string of the molecule is CCc1c(C)nc(-n2nc(C)cc2NC(=O)c2ccc([N+](=O)[O-])cc2)[nH]c1=O. The Morgan fingerprint density at radius 3 is 2.54 bits per heavy atom. The quantitative estimate of drug-likeness (QED) is 0.513. The standard InChI is InChI=1S/C18H18N6O4/c1-4-14-11(3)19-18(21-17(14)26)23-15(9-10(2)22-23)20-16(25)12-5-7-13(8-6-12)24(27)28/h5-9H,4H2,1-3H3,(H,20,25)(H,19,21,26). The number of non-ortho nitro benzene ring substituents is 1. The van der Waals surface area contributed by atoms with Gasteiger partial charge in [0.1, 0.15) is 5.82 Å². The Balaban J connectivity index is 1.93. The van der Waals surface area contributed by atoms with Gasteiger partial charge in [-0.2, -0.15) is 9.78 Å². The summed E-state index contributed by atoms with van der Waals surface area (Å²) < 4.78 is 1.34. The van der Waals surface area contributed by atoms with Gasteiger partial charge in [0.05, 0.1) is 10.6 Å². The van der Waals surface area contributed by atoms with E-state index in [4.69, 9.17) is 0 Å². The molecule has 0 aliphatic heterocycles. The molecule has 0 unspecified atom stereocenters. The molecule has 0 bridgehead atoms. The van der Waals surface area contributed by atoms with E-state index in [9.17, 15) is 19.7 Å². The minimum Gasteiger partial charge on any atom is -0.306 e. The molecule has 2 heterocycles. The van der Waals surface area contributed by atoms with Crippen LogP contribution in [0.3, 0.4) is 0 Å². The van der Waals surface area contributed by atoms with E-state index in [1.165, 1.54) is 28.9 Å². The molecule has 0 atom stereocenters. The van der Waals surface area contributed by atoms with Gasteiger partial charge in [0.25, 0.3) is 17.2 Å². The third-order valence-electron chi connectivity index (χ3n) is 4.18. The topological polar surface area (TPSA) is 136 Å². The van der Waals surface area contributed by atoms with Crippen LogP contribution in [0.25, 0.3) is 5.95 Å². The van der Waals surface area contributed by atoms with Crippen LogP contribution in [-0.2, 0) is 6.42 Å². The number of nitro groups is 1. The number of aromatic nitrogens is 4. The predicted molar refractivity (Wildman–Crippen MR) is 102 cm³/mol. The molecule has 1 aromatic carbocycles. The van der Waals surface area contributed by atoms with E-state index < -0.39 is 10.8 Å². The van der Waals surface area contributed by atoms with Crippen LogP contribution in [0.2, 0.25) is 0 Å². The molecule has 0 spiro atoms. The van der Waals surface area contributed by atoms with E-state index in [-0.39, 0.29) is 22.8 Å². The Morgan fingerprint density at radius 2 is 1.96 bits per heavy atom. The van der Waals surface area contributed by atoms with Crippen molar-refractivity contribution in [3.63, 3.8) is 0 Å². The summed E-state index contributed by atoms with van der Waals surface area (Å²) in [7, 11) is 0. The predicted octanol–water partition coefficient (Wildman–Crippen LogP) is 2.30. The van der Waals surface area contributed by atoms with Gasteiger partial charge in [0.2, 0.25) is 5.95 Å². The number of hydrogen-bond donors (Lipinski definition) is 2. The van der Waals surface area contributed by atoms with Crippen LogP contribution in [-0.4, -0.2) is 30.6 Å². The van der Waals surface area contributed by atoms with E-state index >= 15 is 0 Å². The van der Waals surface area contributed by atoms with E-state index in [2.05, 4.69) is 20.4 Å². The Morgan fingerprint density at radius 1 is 1.29 bits per heavy atom. The molecule has 0 aliphatic carbocycles. The van der Waals surface area contributed by atoms with Crippen molar-refractivity contribution in [1.29, 1.82) is 0 Å². The van der Waals surface area contributed by atoms with E-state index in [1.54, 1.807) is 19.9 Å². The summed E-state index contributed by atoms with van der Waals surface area (Å²) in [4.78, 5) is 42.0. The Bertz CT molecular complexity index is 1110. The highest BCUT2D eigenvalue weighted by Gasteiger charge is 2.16. The van der Waals surface area contributed by atoms with Gasteiger partial charge in [-0.3, -0.25) is 24.7 Å². The molecule has 28 heavy (non-hydrogen) atoms. The number of aromatic amines is 1. The fourth-order valence-electron chi connectivity index (χ4n) is 2.79. The first-order valence-electron chi connectivity index (χ1n) is 8.52. The number of rotatable bonds is 5. The average Bonchev–Trinajstić information content (AvgIpc) is 3.01. The number of carbonyl (C=O) groups excluding carboxylic acids is 1. The summed E-state index contributed by atoms with van der Waals surface area (Å²) in [6.45, 7) is 5.35. The summed E-state index contributed by atoms with van der Waals surface area (Å²) >= 11 is 0. The molecule has 0 saturated carbocycles. The normalized spacial score (nSPS) is 10.7. The number of hydrogen-bond acceptors (Lipinski definition) is 6. The summed E-state index contributed by atoms with van der Waals surface area (Å²) in [6, 6.07) is 6.86. The minimum atomic E-state index is -0.537. The number of nitro benzene ring substituents is 1. The smallest absolute Gasteiger partial charge is 0.269 e. The highest BCUT2D eigenvalue weighted by Crippen LogP contribution is 2.17. The first-order chi connectivity index (χ1) is 13.3. The van der Waals surface area contributed by atoms with Gasteiger partial charge in [0.15, 0.2) is 0 Å². The lowest BCUT2D eigenvalue weighted by molar-refractivity contribution is -0.384. The monoisotopic (exact) mass is 382 g/mol. The number of carbonyl (C=O) groups is 1. The van der Waals surface area contributed by atoms with Crippen LogP contribution in [0.1, 0.15) is 34.2 Å². The van der Waals surface area contributed by atoms with E-state index in [1.807, 2.05) is 6.92 Å². The fraction of sp³-hybridized carbons (Fsp3) is 0.222. The number of H-pyrrole nitrogens is 1. The largest absolute Gasteiger partial charge is 0.306 e. The van der Waals surface area contributed by atoms with Gasteiger partial charge in [-0.1, -0.05) is 6.92 Å². The highest BCUT2D eigenvalue weighted by atomic mass is 16.6. The number of aryl methyl sites for hydroxylation is 2. The maximum Gasteiger partial charge on any atom is 0.269 e. The van der Waals surface area contributed by atoms with Crippen molar-refractivity contribution in [3.8, 4) is 5.95 Å². The van der Waals surface area contributed by atoms with Crippen LogP contribution in [0.5, 0.6) is 0 Å². The molecule has 2 N–H and O–H groups in total. The summed E-state index contributed by atoms with van der Waals surface area (Å²) in [6.07, 6.45) is 0.552. The molecule has 3 aromatic rings. The molecule has 0 radical (unpaired) electrons. The molecule has 3 rings (SSSR count). The lowest BCUT2D eigenvalue weighted by atomic mass is 10.2. The Hall–Kier alpha value is -3.82. The van der Waals surface area contributed by atoms with Gasteiger partial charge in [-0.15, -0.1) is 0 Å². The van der Waals surface area contributed by atoms with Crippen molar-refractivity contribution in [2.75, 3.05) is 5.32 Å². The lowest BCUT2D eigenvalue weighted by Gasteiger charge is -2.10. The number of benzene rings is 1. The molecule has 0 fully saturated rings. The number of nitrogens with one attached hydrogen (secondary N) is 2. The molecule has 2 aromatic heterocycles. The van der Waals surface area contributed by atoms with Crippen molar-refractivity contribution in [1.82, 2.24) is 19.7 Å². The highest BCUT2D eigenvalue weighted by molar-refractivity contribution is 6.04. The molecule has 0 aliphatic rings. The van der Waals surface area contributed by atoms with E-state index in [0.717, 1.165) is 0 Å². The van der Waals surface area contributed by atoms with Crippen molar-refractivity contribution in [2.45, 2.75) is 27.2 Å². The number of anilines is 1.